The highest BCUT2D eigenvalue weighted by Crippen LogP contribution is 2.31. The third-order valence-corrected chi connectivity index (χ3v) is 4.27. The molecule has 2 atom stereocenters. The van der Waals surface area contributed by atoms with Crippen LogP contribution in [-0.4, -0.2) is 36.8 Å². The van der Waals surface area contributed by atoms with E-state index in [0.717, 1.165) is 12.1 Å². The molecule has 2 aromatic heterocycles. The summed E-state index contributed by atoms with van der Waals surface area (Å²) in [5.74, 6) is -2.56. The van der Waals surface area contributed by atoms with E-state index in [9.17, 15) is 18.5 Å². The number of pyridine rings is 1. The van der Waals surface area contributed by atoms with Crippen LogP contribution in [0.2, 0.25) is 0 Å². The fourth-order valence-electron chi connectivity index (χ4n) is 2.42. The lowest BCUT2D eigenvalue weighted by atomic mass is 9.95. The van der Waals surface area contributed by atoms with Gasteiger partial charge in [-0.1, -0.05) is 11.5 Å². The van der Waals surface area contributed by atoms with Gasteiger partial charge >= 0.3 is 0 Å². The molecule has 0 spiro atoms. The molecule has 3 N–H and O–H groups in total. The van der Waals surface area contributed by atoms with Gasteiger partial charge in [-0.3, -0.25) is 14.1 Å². The number of rotatable bonds is 4. The smallest absolute Gasteiger partial charge is 0.259 e. The number of carbonyl (C=O) groups excluding carboxylic acids is 1. The van der Waals surface area contributed by atoms with Crippen molar-refractivity contribution in [3.63, 3.8) is 0 Å². The first-order valence-electron chi connectivity index (χ1n) is 6.75. The summed E-state index contributed by atoms with van der Waals surface area (Å²) >= 11 is -2.54. The molecule has 0 bridgehead atoms. The van der Waals surface area contributed by atoms with Crippen molar-refractivity contribution in [3.05, 3.63) is 47.5 Å². The first-order valence-corrected chi connectivity index (χ1v) is 8.37. The summed E-state index contributed by atoms with van der Waals surface area (Å²) in [6.45, 7) is 0. The van der Waals surface area contributed by atoms with Crippen molar-refractivity contribution >= 4 is 56.5 Å². The largest absolute Gasteiger partial charge is 0.507 e. The lowest BCUT2D eigenvalue weighted by Crippen LogP contribution is -2.10. The number of aromatic nitrogens is 2. The average Bonchev–Trinajstić information content (AvgIpc) is 2.86. The Morgan fingerprint density at radius 3 is 2.84 bits per heavy atom. The molecule has 3 rings (SSSR count). The van der Waals surface area contributed by atoms with E-state index >= 15 is 0 Å². The molecule has 0 aliphatic carbocycles. The first kappa shape index (κ1) is 17.5. The molecule has 1 aromatic carbocycles. The van der Waals surface area contributed by atoms with Gasteiger partial charge in [0.2, 0.25) is 5.78 Å². The number of benzene rings is 1. The Morgan fingerprint density at radius 2 is 2.16 bits per heavy atom. The van der Waals surface area contributed by atoms with Crippen LogP contribution in [-0.2, 0) is 11.3 Å². The molecule has 0 saturated heterocycles. The van der Waals surface area contributed by atoms with Gasteiger partial charge in [-0.2, -0.15) is 0 Å². The van der Waals surface area contributed by atoms with Crippen molar-refractivity contribution in [2.45, 2.75) is 0 Å². The van der Waals surface area contributed by atoms with E-state index in [1.165, 1.54) is 22.8 Å². The molecule has 2 radical (unpaired) electrons. The zero-order valence-corrected chi connectivity index (χ0v) is 14.4. The molecular formula is C14H10BFN3O4PS. The maximum atomic E-state index is 14.6. The molecular weight excluding hydrogens is 367 g/mol. The predicted octanol–water partition coefficient (Wildman–Crippen LogP) is 1.09. The van der Waals surface area contributed by atoms with Crippen LogP contribution in [0, 0.1) is 5.82 Å². The van der Waals surface area contributed by atoms with Gasteiger partial charge in [0.15, 0.2) is 5.82 Å². The minimum absolute atomic E-state index is 0.0706. The van der Waals surface area contributed by atoms with Gasteiger partial charge in [0.25, 0.3) is 11.3 Å². The van der Waals surface area contributed by atoms with Gasteiger partial charge in [-0.15, -0.1) is 0 Å². The molecule has 3 aromatic rings. The lowest BCUT2D eigenvalue weighted by Gasteiger charge is -2.09. The fraction of sp³-hybridized carbons (Fsp3) is 0. The Hall–Kier alpha value is -2.29. The highest BCUT2D eigenvalue weighted by Gasteiger charge is 2.25. The number of aromatic hydroxyl groups is 1. The molecule has 25 heavy (non-hydrogen) atoms. The van der Waals surface area contributed by atoms with Crippen molar-refractivity contribution < 1.29 is 23.1 Å². The van der Waals surface area contributed by atoms with Crippen molar-refractivity contribution in [2.75, 3.05) is 4.72 Å². The zero-order chi connectivity index (χ0) is 18.3. The summed E-state index contributed by atoms with van der Waals surface area (Å²) in [4.78, 5) is 16.9. The Morgan fingerprint density at radius 1 is 1.44 bits per heavy atom. The molecule has 0 saturated carbocycles. The SMILES string of the molecule is [B]c1cnc2c(c1)c(C(=O)c1c(O)ccc(NS(=O)O)c1F)cn2P. The third kappa shape index (κ3) is 3.16. The Bertz CT molecular complexity index is 1040. The summed E-state index contributed by atoms with van der Waals surface area (Å²) < 4.78 is 37.7. The summed E-state index contributed by atoms with van der Waals surface area (Å²) in [6.07, 6.45) is 2.82. The molecule has 0 fully saturated rings. The van der Waals surface area contributed by atoms with E-state index in [0.29, 0.717) is 16.5 Å². The number of hydrogen-bond acceptors (Lipinski definition) is 4. The number of fused-ring (bicyclic) bond motifs is 1. The highest BCUT2D eigenvalue weighted by atomic mass is 32.2. The second kappa shape index (κ2) is 6.55. The van der Waals surface area contributed by atoms with Crippen molar-refractivity contribution in [2.24, 2.45) is 0 Å². The molecule has 0 amide bonds. The molecule has 0 aliphatic rings. The molecule has 7 nitrogen and oxygen atoms in total. The maximum Gasteiger partial charge on any atom is 0.259 e. The monoisotopic (exact) mass is 377 g/mol. The van der Waals surface area contributed by atoms with Crippen molar-refractivity contribution in [3.8, 4) is 5.75 Å². The van der Waals surface area contributed by atoms with E-state index in [-0.39, 0.29) is 5.56 Å². The first-order chi connectivity index (χ1) is 11.8. The molecule has 2 heterocycles. The predicted molar refractivity (Wildman–Crippen MR) is 96.1 cm³/mol. The Kier molecular flexibility index (Phi) is 4.59. The summed E-state index contributed by atoms with van der Waals surface area (Å²) in [5.41, 5.74) is -0.215. The van der Waals surface area contributed by atoms with Crippen molar-refractivity contribution in [1.82, 2.24) is 9.32 Å². The van der Waals surface area contributed by atoms with Gasteiger partial charge < -0.3 is 9.44 Å². The van der Waals surface area contributed by atoms with E-state index in [1.807, 2.05) is 4.72 Å². The number of carbonyl (C=O) groups is 1. The van der Waals surface area contributed by atoms with Gasteiger partial charge in [-0.05, 0) is 21.5 Å². The van der Waals surface area contributed by atoms with Crippen LogP contribution in [0.25, 0.3) is 11.0 Å². The number of hydrogen-bond donors (Lipinski definition) is 3. The summed E-state index contributed by atoms with van der Waals surface area (Å²) in [6, 6.07) is 3.61. The van der Waals surface area contributed by atoms with E-state index < -0.39 is 39.9 Å². The topological polar surface area (TPSA) is 104 Å². The summed E-state index contributed by atoms with van der Waals surface area (Å²) in [7, 11) is 8.03. The number of nitrogens with zero attached hydrogens (tertiary/aromatic N) is 2. The number of nitrogens with one attached hydrogen (secondary N) is 1. The van der Waals surface area contributed by atoms with Crippen molar-refractivity contribution in [1.29, 1.82) is 0 Å². The summed E-state index contributed by atoms with van der Waals surface area (Å²) in [5, 5.41) is 10.3. The van der Waals surface area contributed by atoms with Gasteiger partial charge in [0.1, 0.15) is 24.8 Å². The van der Waals surface area contributed by atoms with Crippen LogP contribution in [0.15, 0.2) is 30.6 Å². The van der Waals surface area contributed by atoms with Crippen LogP contribution >= 0.6 is 9.39 Å². The third-order valence-electron chi connectivity index (χ3n) is 3.48. The van der Waals surface area contributed by atoms with Gasteiger partial charge in [0, 0.05) is 17.8 Å². The lowest BCUT2D eigenvalue weighted by molar-refractivity contribution is 0.103. The Balaban J connectivity index is 2.19. The fourth-order valence-corrected chi connectivity index (χ4v) is 3.12. The number of halogens is 1. The normalized spacial score (nSPS) is 12.3. The van der Waals surface area contributed by atoms with Gasteiger partial charge in [0.05, 0.1) is 11.3 Å². The average molecular weight is 377 g/mol. The van der Waals surface area contributed by atoms with Crippen LogP contribution in [0.4, 0.5) is 10.1 Å². The second-order valence-corrected chi connectivity index (χ2v) is 6.35. The van der Waals surface area contributed by atoms with E-state index in [1.54, 1.807) is 0 Å². The van der Waals surface area contributed by atoms with E-state index in [2.05, 4.69) is 14.4 Å². The van der Waals surface area contributed by atoms with Crippen LogP contribution in [0.5, 0.6) is 5.75 Å². The maximum absolute atomic E-state index is 14.6. The molecule has 11 heteroatoms. The number of anilines is 1. The van der Waals surface area contributed by atoms with Crippen LogP contribution in [0.3, 0.4) is 0 Å². The molecule has 2 unspecified atom stereocenters. The molecule has 126 valence electrons. The van der Waals surface area contributed by atoms with Crippen LogP contribution < -0.4 is 10.2 Å². The highest BCUT2D eigenvalue weighted by molar-refractivity contribution is 7.80. The second-order valence-electron chi connectivity index (χ2n) is 5.09. The minimum atomic E-state index is -2.54. The number of phenols is 1. The Labute approximate surface area is 147 Å². The zero-order valence-electron chi connectivity index (χ0n) is 12.4. The quantitative estimate of drug-likeness (QED) is 0.208. The van der Waals surface area contributed by atoms with Gasteiger partial charge in [-0.25, -0.2) is 13.6 Å². The number of phenolic OH excluding ortho intramolecular Hbond substituents is 1. The number of ketones is 1. The standard InChI is InChI=1S/C14H10BFN3O4PS/c15-6-3-7-8(5-19(24)14(7)17-4-6)13(21)11-10(20)2-1-9(12(11)16)18-25(22)23/h1-5,18,20H,24H2,(H,22,23). The van der Waals surface area contributed by atoms with E-state index in [4.69, 9.17) is 12.4 Å². The molecule has 0 aliphatic heterocycles. The minimum Gasteiger partial charge on any atom is -0.507 e. The van der Waals surface area contributed by atoms with Crippen LogP contribution in [0.1, 0.15) is 15.9 Å².